The molecule has 0 saturated heterocycles. The van der Waals surface area contributed by atoms with Gasteiger partial charge in [0.2, 0.25) is 5.91 Å². The first kappa shape index (κ1) is 14.0. The average molecular weight is 253 g/mol. The summed E-state index contributed by atoms with van der Waals surface area (Å²) in [6.07, 6.45) is 0. The van der Waals surface area contributed by atoms with Crippen molar-refractivity contribution in [3.05, 3.63) is 12.1 Å². The fourth-order valence-electron chi connectivity index (χ4n) is 1.59. The second-order valence-electron chi connectivity index (χ2n) is 3.80. The van der Waals surface area contributed by atoms with Gasteiger partial charge in [-0.2, -0.15) is 0 Å². The lowest BCUT2D eigenvalue weighted by Gasteiger charge is -2.21. The lowest BCUT2D eigenvalue weighted by molar-refractivity contribution is -0.119. The zero-order valence-corrected chi connectivity index (χ0v) is 11.1. The van der Waals surface area contributed by atoms with Gasteiger partial charge in [0.1, 0.15) is 0 Å². The van der Waals surface area contributed by atoms with Gasteiger partial charge in [0, 0.05) is 26.2 Å². The molecule has 6 heteroatoms. The van der Waals surface area contributed by atoms with Crippen molar-refractivity contribution in [1.82, 2.24) is 5.32 Å². The number of benzene rings is 1. The first-order valence-corrected chi connectivity index (χ1v) is 5.46. The summed E-state index contributed by atoms with van der Waals surface area (Å²) in [4.78, 5) is 13.1. The van der Waals surface area contributed by atoms with E-state index in [1.54, 1.807) is 45.3 Å². The molecule has 0 atom stereocenters. The van der Waals surface area contributed by atoms with Crippen molar-refractivity contribution in [2.75, 3.05) is 45.5 Å². The second kappa shape index (κ2) is 6.00. The van der Waals surface area contributed by atoms with Crippen LogP contribution >= 0.6 is 0 Å². The summed E-state index contributed by atoms with van der Waals surface area (Å²) < 4.78 is 10.4. The molecule has 1 aromatic carbocycles. The van der Waals surface area contributed by atoms with Crippen LogP contribution in [0.1, 0.15) is 0 Å². The third kappa shape index (κ3) is 2.97. The van der Waals surface area contributed by atoms with Crippen molar-refractivity contribution >= 4 is 17.3 Å². The fourth-order valence-corrected chi connectivity index (χ4v) is 1.59. The van der Waals surface area contributed by atoms with Crippen molar-refractivity contribution < 1.29 is 14.3 Å². The largest absolute Gasteiger partial charge is 0.493 e. The van der Waals surface area contributed by atoms with Crippen LogP contribution in [0, 0.1) is 0 Å². The lowest BCUT2D eigenvalue weighted by Crippen LogP contribution is -2.33. The Balaban J connectivity index is 3.05. The normalized spacial score (nSPS) is 9.78. The maximum absolute atomic E-state index is 11.3. The first-order chi connectivity index (χ1) is 8.53. The van der Waals surface area contributed by atoms with Gasteiger partial charge in [-0.05, 0) is 0 Å². The number of carbonyl (C=O) groups is 1. The number of nitrogens with zero attached hydrogens (tertiary/aromatic N) is 1. The highest BCUT2D eigenvalue weighted by Crippen LogP contribution is 2.36. The molecule has 0 saturated carbocycles. The van der Waals surface area contributed by atoms with Crippen LogP contribution in [0.15, 0.2) is 12.1 Å². The molecule has 1 aromatic rings. The minimum absolute atomic E-state index is 0.0910. The topological polar surface area (TPSA) is 76.8 Å². The molecule has 0 fully saturated rings. The van der Waals surface area contributed by atoms with Gasteiger partial charge in [-0.1, -0.05) is 0 Å². The number of nitrogens with one attached hydrogen (secondary N) is 1. The summed E-state index contributed by atoms with van der Waals surface area (Å²) in [5, 5.41) is 2.56. The Labute approximate surface area is 107 Å². The molecule has 0 aliphatic heterocycles. The van der Waals surface area contributed by atoms with Crippen LogP contribution in [-0.2, 0) is 4.79 Å². The van der Waals surface area contributed by atoms with Crippen molar-refractivity contribution in [1.29, 1.82) is 0 Å². The van der Waals surface area contributed by atoms with E-state index in [-0.39, 0.29) is 12.5 Å². The second-order valence-corrected chi connectivity index (χ2v) is 3.80. The van der Waals surface area contributed by atoms with E-state index >= 15 is 0 Å². The molecule has 100 valence electrons. The Morgan fingerprint density at radius 3 is 2.39 bits per heavy atom. The van der Waals surface area contributed by atoms with Gasteiger partial charge in [0.25, 0.3) is 0 Å². The van der Waals surface area contributed by atoms with Crippen molar-refractivity contribution in [3.8, 4) is 11.5 Å². The Kier molecular flexibility index (Phi) is 4.65. The highest BCUT2D eigenvalue weighted by Gasteiger charge is 2.14. The van der Waals surface area contributed by atoms with Gasteiger partial charge < -0.3 is 25.4 Å². The van der Waals surface area contributed by atoms with Crippen LogP contribution in [0.5, 0.6) is 11.5 Å². The van der Waals surface area contributed by atoms with E-state index in [1.807, 2.05) is 0 Å². The van der Waals surface area contributed by atoms with Gasteiger partial charge in [-0.3, -0.25) is 4.79 Å². The summed E-state index contributed by atoms with van der Waals surface area (Å²) >= 11 is 0. The van der Waals surface area contributed by atoms with E-state index in [4.69, 9.17) is 15.2 Å². The average Bonchev–Trinajstić information content (AvgIpc) is 2.37. The number of hydrogen-bond acceptors (Lipinski definition) is 5. The predicted octanol–water partition coefficient (Wildman–Crippen LogP) is 0.468. The minimum atomic E-state index is -0.0910. The Hall–Kier alpha value is -2.11. The minimum Gasteiger partial charge on any atom is -0.493 e. The molecule has 0 aliphatic rings. The van der Waals surface area contributed by atoms with Crippen LogP contribution in [0.2, 0.25) is 0 Å². The predicted molar refractivity (Wildman–Crippen MR) is 71.3 cm³/mol. The number of carbonyl (C=O) groups excluding carboxylic acids is 1. The number of rotatable bonds is 5. The molecule has 1 amide bonds. The molecule has 1 rings (SSSR count). The number of ether oxygens (including phenoxy) is 2. The number of hydrogen-bond donors (Lipinski definition) is 2. The number of nitrogens with two attached hydrogens (primary N) is 1. The van der Waals surface area contributed by atoms with E-state index in [1.165, 1.54) is 0 Å². The van der Waals surface area contributed by atoms with Crippen LogP contribution in [0.4, 0.5) is 11.4 Å². The van der Waals surface area contributed by atoms with Crippen molar-refractivity contribution in [2.45, 2.75) is 0 Å². The quantitative estimate of drug-likeness (QED) is 0.746. The highest BCUT2D eigenvalue weighted by atomic mass is 16.5. The number of anilines is 2. The molecule has 3 N–H and O–H groups in total. The number of likely N-dealkylation sites (N-methyl/N-ethyl adjacent to an activating group) is 2. The molecule has 18 heavy (non-hydrogen) atoms. The maximum Gasteiger partial charge on any atom is 0.239 e. The molecule has 0 radical (unpaired) electrons. The third-order valence-corrected chi connectivity index (χ3v) is 2.60. The molecule has 0 spiro atoms. The summed E-state index contributed by atoms with van der Waals surface area (Å²) in [5.41, 5.74) is 7.18. The standard InChI is InChI=1S/C12H19N3O3/c1-14-12(16)7-15(2)9-6-11(18-4)10(17-3)5-8(9)13/h5-6H,7,13H2,1-4H3,(H,14,16). The van der Waals surface area contributed by atoms with Crippen LogP contribution < -0.4 is 25.4 Å². The highest BCUT2D eigenvalue weighted by molar-refractivity contribution is 5.83. The summed E-state index contributed by atoms with van der Waals surface area (Å²) in [7, 11) is 6.47. The van der Waals surface area contributed by atoms with Gasteiger partial charge in [-0.15, -0.1) is 0 Å². The summed E-state index contributed by atoms with van der Waals surface area (Å²) in [6.45, 7) is 0.218. The molecule has 0 heterocycles. The van der Waals surface area contributed by atoms with Crippen LogP contribution in [0.3, 0.4) is 0 Å². The zero-order valence-electron chi connectivity index (χ0n) is 11.1. The molecular weight excluding hydrogens is 234 g/mol. The van der Waals surface area contributed by atoms with Crippen molar-refractivity contribution in [3.63, 3.8) is 0 Å². The van der Waals surface area contributed by atoms with E-state index < -0.39 is 0 Å². The summed E-state index contributed by atoms with van der Waals surface area (Å²) in [5.74, 6) is 1.05. The Morgan fingerprint density at radius 1 is 1.33 bits per heavy atom. The smallest absolute Gasteiger partial charge is 0.239 e. The lowest BCUT2D eigenvalue weighted by atomic mass is 10.2. The Morgan fingerprint density at radius 2 is 1.89 bits per heavy atom. The number of methoxy groups -OCH3 is 2. The Bertz CT molecular complexity index is 435. The van der Waals surface area contributed by atoms with Gasteiger partial charge in [0.15, 0.2) is 11.5 Å². The number of amides is 1. The van der Waals surface area contributed by atoms with Crippen LogP contribution in [-0.4, -0.2) is 40.8 Å². The fraction of sp³-hybridized carbons (Fsp3) is 0.417. The molecular formula is C12H19N3O3. The molecule has 0 bridgehead atoms. The van der Waals surface area contributed by atoms with E-state index in [0.29, 0.717) is 17.2 Å². The maximum atomic E-state index is 11.3. The first-order valence-electron chi connectivity index (χ1n) is 5.46. The third-order valence-electron chi connectivity index (χ3n) is 2.60. The molecule has 0 unspecified atom stereocenters. The van der Waals surface area contributed by atoms with Gasteiger partial charge in [-0.25, -0.2) is 0 Å². The molecule has 0 aliphatic carbocycles. The molecule has 0 aromatic heterocycles. The van der Waals surface area contributed by atoms with Crippen LogP contribution in [0.25, 0.3) is 0 Å². The summed E-state index contributed by atoms with van der Waals surface area (Å²) in [6, 6.07) is 3.42. The van der Waals surface area contributed by atoms with Gasteiger partial charge in [0.05, 0.1) is 32.1 Å². The molecule has 6 nitrogen and oxygen atoms in total. The monoisotopic (exact) mass is 253 g/mol. The zero-order chi connectivity index (χ0) is 13.7. The van der Waals surface area contributed by atoms with E-state index in [0.717, 1.165) is 5.69 Å². The SMILES string of the molecule is CNC(=O)CN(C)c1cc(OC)c(OC)cc1N. The number of nitrogen functional groups attached to an aromatic ring is 1. The van der Waals surface area contributed by atoms with Gasteiger partial charge >= 0.3 is 0 Å². The van der Waals surface area contributed by atoms with E-state index in [2.05, 4.69) is 5.32 Å². The van der Waals surface area contributed by atoms with E-state index in [9.17, 15) is 4.79 Å². The van der Waals surface area contributed by atoms with Crippen molar-refractivity contribution in [2.24, 2.45) is 0 Å².